The van der Waals surface area contributed by atoms with Gasteiger partial charge in [-0.3, -0.25) is 4.79 Å². The average Bonchev–Trinajstić information content (AvgIpc) is 2.29. The first-order chi connectivity index (χ1) is 8.15. The number of carbonyl (C=O) groups is 1. The van der Waals surface area contributed by atoms with E-state index < -0.39 is 0 Å². The van der Waals surface area contributed by atoms with Gasteiger partial charge in [0, 0.05) is 44.0 Å². The van der Waals surface area contributed by atoms with E-state index in [0.29, 0.717) is 11.7 Å². The van der Waals surface area contributed by atoms with E-state index in [1.165, 1.54) is 0 Å². The molecule has 1 aliphatic heterocycles. The van der Waals surface area contributed by atoms with Crippen LogP contribution in [0, 0.1) is 0 Å². The van der Waals surface area contributed by atoms with Gasteiger partial charge in [0.15, 0.2) is 0 Å². The first kappa shape index (κ1) is 11.7. The van der Waals surface area contributed by atoms with Gasteiger partial charge >= 0.3 is 0 Å². The fourth-order valence-electron chi connectivity index (χ4n) is 2.07. The van der Waals surface area contributed by atoms with E-state index >= 15 is 0 Å². The summed E-state index contributed by atoms with van der Waals surface area (Å²) in [6, 6.07) is 3.97. The number of piperidine rings is 1. The molecule has 0 radical (unpaired) electrons. The Kier molecular flexibility index (Phi) is 3.46. The van der Waals surface area contributed by atoms with Crippen LogP contribution < -0.4 is 11.1 Å². The molecular weight excluding hydrogens is 216 g/mol. The third-order valence-electron chi connectivity index (χ3n) is 3.08. The van der Waals surface area contributed by atoms with E-state index in [1.807, 2.05) is 11.0 Å². The third kappa shape index (κ3) is 3.09. The molecule has 1 aromatic heterocycles. The van der Waals surface area contributed by atoms with Crippen LogP contribution in [0.3, 0.4) is 0 Å². The summed E-state index contributed by atoms with van der Waals surface area (Å²) >= 11 is 0. The Labute approximate surface area is 101 Å². The van der Waals surface area contributed by atoms with Gasteiger partial charge in [0.2, 0.25) is 5.91 Å². The highest BCUT2D eigenvalue weighted by atomic mass is 16.2. The number of hydrogen-bond donors (Lipinski definition) is 2. The molecule has 0 atom stereocenters. The molecule has 0 spiro atoms. The van der Waals surface area contributed by atoms with Gasteiger partial charge in [0.05, 0.1) is 0 Å². The number of pyridine rings is 1. The van der Waals surface area contributed by atoms with Crippen LogP contribution in [0.25, 0.3) is 0 Å². The molecule has 2 rings (SSSR count). The highest BCUT2D eigenvalue weighted by molar-refractivity contribution is 5.73. The predicted molar refractivity (Wildman–Crippen MR) is 67.5 cm³/mol. The van der Waals surface area contributed by atoms with Crippen molar-refractivity contribution in [2.75, 3.05) is 24.1 Å². The number of nitrogens with zero attached hydrogens (tertiary/aromatic N) is 2. The van der Waals surface area contributed by atoms with Gasteiger partial charge in [0.25, 0.3) is 0 Å². The molecule has 0 unspecified atom stereocenters. The number of nitrogens with two attached hydrogens (primary N) is 1. The van der Waals surface area contributed by atoms with Crippen molar-refractivity contribution in [3.8, 4) is 0 Å². The molecule has 1 saturated heterocycles. The SMILES string of the molecule is CC(=O)N1CCC(Nc2cc(N)ccn2)CC1. The number of likely N-dealkylation sites (tertiary alicyclic amines) is 1. The third-order valence-corrected chi connectivity index (χ3v) is 3.08. The number of aromatic nitrogens is 1. The van der Waals surface area contributed by atoms with Crippen LogP contribution in [0.5, 0.6) is 0 Å². The van der Waals surface area contributed by atoms with Gasteiger partial charge in [-0.1, -0.05) is 0 Å². The second-order valence-corrected chi connectivity index (χ2v) is 4.40. The Bertz CT molecular complexity index is 399. The highest BCUT2D eigenvalue weighted by Crippen LogP contribution is 2.16. The molecule has 5 heteroatoms. The second kappa shape index (κ2) is 5.03. The summed E-state index contributed by atoms with van der Waals surface area (Å²) < 4.78 is 0. The molecule has 17 heavy (non-hydrogen) atoms. The summed E-state index contributed by atoms with van der Waals surface area (Å²) in [4.78, 5) is 17.3. The largest absolute Gasteiger partial charge is 0.399 e. The van der Waals surface area contributed by atoms with Crippen molar-refractivity contribution in [2.45, 2.75) is 25.8 Å². The molecule has 2 heterocycles. The summed E-state index contributed by atoms with van der Waals surface area (Å²) in [7, 11) is 0. The lowest BCUT2D eigenvalue weighted by Gasteiger charge is -2.31. The maximum atomic E-state index is 11.2. The van der Waals surface area contributed by atoms with Crippen molar-refractivity contribution in [1.29, 1.82) is 0 Å². The summed E-state index contributed by atoms with van der Waals surface area (Å²) in [6.07, 6.45) is 3.61. The zero-order valence-electron chi connectivity index (χ0n) is 10.0. The number of carbonyl (C=O) groups excluding carboxylic acids is 1. The molecule has 1 fully saturated rings. The Morgan fingerprint density at radius 3 is 2.82 bits per heavy atom. The second-order valence-electron chi connectivity index (χ2n) is 4.40. The zero-order valence-corrected chi connectivity index (χ0v) is 10.0. The molecule has 1 amide bonds. The van der Waals surface area contributed by atoms with Crippen LogP contribution in [0.4, 0.5) is 11.5 Å². The first-order valence-corrected chi connectivity index (χ1v) is 5.89. The monoisotopic (exact) mass is 234 g/mol. The van der Waals surface area contributed by atoms with Gasteiger partial charge in [-0.05, 0) is 18.9 Å². The summed E-state index contributed by atoms with van der Waals surface area (Å²) in [5.41, 5.74) is 6.40. The molecule has 0 aromatic carbocycles. The maximum Gasteiger partial charge on any atom is 0.219 e. The molecule has 0 aliphatic carbocycles. The van der Waals surface area contributed by atoms with Crippen molar-refractivity contribution in [3.63, 3.8) is 0 Å². The van der Waals surface area contributed by atoms with Crippen molar-refractivity contribution >= 4 is 17.4 Å². The first-order valence-electron chi connectivity index (χ1n) is 5.89. The number of amides is 1. The Balaban J connectivity index is 1.88. The molecule has 1 aromatic rings. The number of nitrogens with one attached hydrogen (secondary N) is 1. The lowest BCUT2D eigenvalue weighted by atomic mass is 10.1. The Morgan fingerprint density at radius 1 is 1.53 bits per heavy atom. The summed E-state index contributed by atoms with van der Waals surface area (Å²) in [5, 5.41) is 3.35. The van der Waals surface area contributed by atoms with E-state index in [0.717, 1.165) is 31.7 Å². The fraction of sp³-hybridized carbons (Fsp3) is 0.500. The van der Waals surface area contributed by atoms with E-state index in [9.17, 15) is 4.79 Å². The highest BCUT2D eigenvalue weighted by Gasteiger charge is 2.20. The Hall–Kier alpha value is -1.78. The van der Waals surface area contributed by atoms with Crippen LogP contribution in [0.1, 0.15) is 19.8 Å². The topological polar surface area (TPSA) is 71.2 Å². The van der Waals surface area contributed by atoms with Crippen LogP contribution in [0.2, 0.25) is 0 Å². The van der Waals surface area contributed by atoms with E-state index in [4.69, 9.17) is 5.73 Å². The normalized spacial score (nSPS) is 16.9. The molecule has 0 saturated carbocycles. The van der Waals surface area contributed by atoms with E-state index in [2.05, 4.69) is 10.3 Å². The molecular formula is C12H18N4O. The maximum absolute atomic E-state index is 11.2. The van der Waals surface area contributed by atoms with Crippen LogP contribution >= 0.6 is 0 Å². The number of hydrogen-bond acceptors (Lipinski definition) is 4. The number of anilines is 2. The molecule has 3 N–H and O–H groups in total. The molecule has 5 nitrogen and oxygen atoms in total. The lowest BCUT2D eigenvalue weighted by Crippen LogP contribution is -2.41. The molecule has 1 aliphatic rings. The van der Waals surface area contributed by atoms with Gasteiger partial charge in [0.1, 0.15) is 5.82 Å². The summed E-state index contributed by atoms with van der Waals surface area (Å²) in [5.74, 6) is 0.969. The van der Waals surface area contributed by atoms with Gasteiger partial charge in [-0.2, -0.15) is 0 Å². The minimum absolute atomic E-state index is 0.158. The Morgan fingerprint density at radius 2 is 2.24 bits per heavy atom. The standard InChI is InChI=1S/C12H18N4O/c1-9(17)16-6-3-11(4-7-16)15-12-8-10(13)2-5-14-12/h2,5,8,11H,3-4,6-7H2,1H3,(H3,13,14,15). The average molecular weight is 234 g/mol. The fourth-order valence-corrected chi connectivity index (χ4v) is 2.07. The van der Waals surface area contributed by atoms with Gasteiger partial charge < -0.3 is 16.0 Å². The van der Waals surface area contributed by atoms with Crippen LogP contribution in [0.15, 0.2) is 18.3 Å². The van der Waals surface area contributed by atoms with Gasteiger partial charge in [-0.25, -0.2) is 4.98 Å². The van der Waals surface area contributed by atoms with Gasteiger partial charge in [-0.15, -0.1) is 0 Å². The molecule has 92 valence electrons. The lowest BCUT2D eigenvalue weighted by molar-refractivity contribution is -0.129. The van der Waals surface area contributed by atoms with Crippen molar-refractivity contribution < 1.29 is 4.79 Å². The van der Waals surface area contributed by atoms with Crippen LogP contribution in [-0.4, -0.2) is 34.9 Å². The van der Waals surface area contributed by atoms with Crippen LogP contribution in [-0.2, 0) is 4.79 Å². The minimum Gasteiger partial charge on any atom is -0.399 e. The van der Waals surface area contributed by atoms with E-state index in [1.54, 1.807) is 19.2 Å². The smallest absolute Gasteiger partial charge is 0.219 e. The van der Waals surface area contributed by atoms with Crippen molar-refractivity contribution in [1.82, 2.24) is 9.88 Å². The number of rotatable bonds is 2. The van der Waals surface area contributed by atoms with Crippen molar-refractivity contribution in [3.05, 3.63) is 18.3 Å². The number of nitrogen functional groups attached to an aromatic ring is 1. The van der Waals surface area contributed by atoms with E-state index in [-0.39, 0.29) is 5.91 Å². The predicted octanol–water partition coefficient (Wildman–Crippen LogP) is 1.09. The minimum atomic E-state index is 0.158. The molecule has 0 bridgehead atoms. The summed E-state index contributed by atoms with van der Waals surface area (Å²) in [6.45, 7) is 3.25. The zero-order chi connectivity index (χ0) is 12.3. The van der Waals surface area contributed by atoms with Crippen molar-refractivity contribution in [2.24, 2.45) is 0 Å². The quantitative estimate of drug-likeness (QED) is 0.803.